The minimum atomic E-state index is -0.345. The van der Waals surface area contributed by atoms with Crippen molar-refractivity contribution in [2.45, 2.75) is 6.92 Å². The number of hydrogen-bond acceptors (Lipinski definition) is 6. The van der Waals surface area contributed by atoms with E-state index in [1.54, 1.807) is 25.5 Å². The fourth-order valence-corrected chi connectivity index (χ4v) is 5.45. The third kappa shape index (κ3) is 3.63. The van der Waals surface area contributed by atoms with Crippen molar-refractivity contribution in [2.75, 3.05) is 13.7 Å². The van der Waals surface area contributed by atoms with Crippen molar-refractivity contribution in [3.05, 3.63) is 83.2 Å². The highest BCUT2D eigenvalue weighted by Gasteiger charge is 2.23. The summed E-state index contributed by atoms with van der Waals surface area (Å²) in [6, 6.07) is 18.6. The van der Waals surface area contributed by atoms with E-state index in [2.05, 4.69) is 9.98 Å². The number of aryl methyl sites for hydroxylation is 1. The van der Waals surface area contributed by atoms with Gasteiger partial charge in [-0.2, -0.15) is 0 Å². The van der Waals surface area contributed by atoms with Gasteiger partial charge in [-0.1, -0.05) is 36.4 Å². The van der Waals surface area contributed by atoms with Gasteiger partial charge in [0.2, 0.25) is 0 Å². The Kier molecular flexibility index (Phi) is 5.22. The molecule has 0 saturated heterocycles. The number of imidazole rings is 1. The van der Waals surface area contributed by atoms with Crippen LogP contribution in [0.5, 0.6) is 5.75 Å². The average molecular weight is 482 g/mol. The van der Waals surface area contributed by atoms with Gasteiger partial charge in [0.15, 0.2) is 5.84 Å². The fourth-order valence-electron chi connectivity index (χ4n) is 4.31. The Morgan fingerprint density at radius 1 is 0.971 bits per heavy atom. The van der Waals surface area contributed by atoms with E-state index in [9.17, 15) is 4.39 Å². The lowest BCUT2D eigenvalue weighted by molar-refractivity contribution is 0.413. The number of aliphatic imine (C=N–C) groups is 2. The third-order valence-electron chi connectivity index (χ3n) is 5.89. The van der Waals surface area contributed by atoms with Crippen molar-refractivity contribution in [3.63, 3.8) is 0 Å². The molecule has 0 spiro atoms. The minimum Gasteiger partial charge on any atom is -0.496 e. The Morgan fingerprint density at radius 3 is 2.60 bits per heavy atom. The summed E-state index contributed by atoms with van der Waals surface area (Å²) in [4.78, 5) is 19.7. The summed E-state index contributed by atoms with van der Waals surface area (Å²) in [6.07, 6.45) is 3.69. The second kappa shape index (κ2) is 8.56. The molecule has 0 amide bonds. The van der Waals surface area contributed by atoms with Gasteiger partial charge in [-0.15, -0.1) is 11.3 Å². The van der Waals surface area contributed by atoms with Crippen LogP contribution in [-0.2, 0) is 0 Å². The lowest BCUT2D eigenvalue weighted by Crippen LogP contribution is -1.95. The molecule has 2 aromatic carbocycles. The molecule has 5 aromatic rings. The molecule has 0 radical (unpaired) electrons. The van der Waals surface area contributed by atoms with Crippen LogP contribution in [0.3, 0.4) is 0 Å². The Bertz CT molecular complexity index is 1630. The van der Waals surface area contributed by atoms with E-state index in [0.29, 0.717) is 29.3 Å². The van der Waals surface area contributed by atoms with Gasteiger partial charge in [-0.3, -0.25) is 9.39 Å². The predicted octanol–water partition coefficient (Wildman–Crippen LogP) is 6.08. The number of hydrogen-bond donors (Lipinski definition) is 0. The van der Waals surface area contributed by atoms with Gasteiger partial charge in [0, 0.05) is 23.5 Å². The molecule has 4 heterocycles. The molecule has 0 aliphatic carbocycles. The maximum Gasteiger partial charge on any atom is 0.167 e. The topological polar surface area (TPSA) is 64.1 Å². The average Bonchev–Trinajstić information content (AvgIpc) is 3.62. The van der Waals surface area contributed by atoms with Gasteiger partial charge >= 0.3 is 0 Å². The van der Waals surface area contributed by atoms with Gasteiger partial charge < -0.3 is 4.74 Å². The third-order valence-corrected chi connectivity index (χ3v) is 6.95. The molecule has 0 atom stereocenters. The quantitative estimate of drug-likeness (QED) is 0.306. The lowest BCUT2D eigenvalue weighted by Gasteiger charge is -2.10. The van der Waals surface area contributed by atoms with E-state index in [0.717, 1.165) is 38.2 Å². The van der Waals surface area contributed by atoms with Gasteiger partial charge in [0.25, 0.3) is 0 Å². The number of benzene rings is 2. The van der Waals surface area contributed by atoms with Crippen LogP contribution in [0.2, 0.25) is 0 Å². The van der Waals surface area contributed by atoms with Crippen molar-refractivity contribution >= 4 is 29.0 Å². The summed E-state index contributed by atoms with van der Waals surface area (Å²) in [6.45, 7) is 2.53. The molecular formula is C27H20FN5OS. The second-order valence-electron chi connectivity index (χ2n) is 8.05. The van der Waals surface area contributed by atoms with Crippen LogP contribution in [0.1, 0.15) is 10.6 Å². The molecule has 1 aliphatic heterocycles. The summed E-state index contributed by atoms with van der Waals surface area (Å²) in [5.41, 5.74) is 5.38. The van der Waals surface area contributed by atoms with Crippen LogP contribution < -0.4 is 4.74 Å². The molecule has 0 saturated carbocycles. The predicted molar refractivity (Wildman–Crippen MR) is 138 cm³/mol. The van der Waals surface area contributed by atoms with E-state index in [1.807, 2.05) is 60.0 Å². The fraction of sp³-hybridized carbons (Fsp3) is 0.111. The normalized spacial score (nSPS) is 12.9. The molecule has 1 aliphatic rings. The highest BCUT2D eigenvalue weighted by atomic mass is 32.1. The highest BCUT2D eigenvalue weighted by molar-refractivity contribution is 7.17. The minimum absolute atomic E-state index is 0.345. The number of rotatable bonds is 5. The first-order valence-electron chi connectivity index (χ1n) is 11.1. The molecule has 0 fully saturated rings. The van der Waals surface area contributed by atoms with Crippen molar-refractivity contribution in [1.82, 2.24) is 14.4 Å². The molecular weight excluding hydrogens is 461 g/mol. The molecule has 8 heteroatoms. The number of thiazole rings is 1. The zero-order chi connectivity index (χ0) is 23.9. The molecule has 0 unspecified atom stereocenters. The lowest BCUT2D eigenvalue weighted by atomic mass is 10.1. The van der Waals surface area contributed by atoms with E-state index in [1.165, 1.54) is 17.4 Å². The van der Waals surface area contributed by atoms with E-state index < -0.39 is 0 Å². The summed E-state index contributed by atoms with van der Waals surface area (Å²) < 4.78 is 22.2. The van der Waals surface area contributed by atoms with Crippen LogP contribution >= 0.6 is 11.3 Å². The molecule has 3 aromatic heterocycles. The van der Waals surface area contributed by atoms with Crippen LogP contribution in [0, 0.1) is 12.7 Å². The number of ether oxygens (including phenoxy) is 1. The zero-order valence-corrected chi connectivity index (χ0v) is 19.9. The standard InChI is InChI=1S/C27H20FN5OS/c1-16-24(27-32-23(17-7-4-3-5-8-17)25(35-27)26-29-13-14-30-26)33-15-18(11-12-21(33)31-16)22-19(28)9-6-10-20(22)34-2/h3-13,15H,14H2,1-2H3. The number of pyridine rings is 1. The molecule has 0 bridgehead atoms. The SMILES string of the molecule is COc1cccc(F)c1-c1ccc2nc(C)c(-c3nc(-c4ccccc4)c(C4=NCC=N4)s3)n2c1. The molecule has 0 N–H and O–H groups in total. The summed E-state index contributed by atoms with van der Waals surface area (Å²) in [5, 5.41) is 0.798. The molecule has 35 heavy (non-hydrogen) atoms. The Balaban J connectivity index is 1.56. The van der Waals surface area contributed by atoms with Gasteiger partial charge in [0.1, 0.15) is 27.9 Å². The van der Waals surface area contributed by atoms with E-state index in [-0.39, 0.29) is 5.82 Å². The van der Waals surface area contributed by atoms with E-state index in [4.69, 9.17) is 14.7 Å². The molecule has 6 nitrogen and oxygen atoms in total. The van der Waals surface area contributed by atoms with Gasteiger partial charge in [-0.25, -0.2) is 19.4 Å². The maximum absolute atomic E-state index is 14.8. The Hall–Kier alpha value is -4.17. The monoisotopic (exact) mass is 481 g/mol. The smallest absolute Gasteiger partial charge is 0.167 e. The Morgan fingerprint density at radius 2 is 1.83 bits per heavy atom. The number of halogens is 1. The highest BCUT2D eigenvalue weighted by Crippen LogP contribution is 2.38. The number of methoxy groups -OCH3 is 1. The number of fused-ring (bicyclic) bond motifs is 1. The van der Waals surface area contributed by atoms with Crippen molar-refractivity contribution < 1.29 is 9.13 Å². The number of aromatic nitrogens is 3. The first-order chi connectivity index (χ1) is 17.1. The largest absolute Gasteiger partial charge is 0.496 e. The zero-order valence-electron chi connectivity index (χ0n) is 19.1. The second-order valence-corrected chi connectivity index (χ2v) is 9.05. The first kappa shape index (κ1) is 21.4. The number of nitrogens with zero attached hydrogens (tertiary/aromatic N) is 5. The van der Waals surface area contributed by atoms with Crippen molar-refractivity contribution in [3.8, 4) is 38.8 Å². The molecule has 6 rings (SSSR count). The van der Waals surface area contributed by atoms with E-state index >= 15 is 0 Å². The van der Waals surface area contributed by atoms with Gasteiger partial charge in [0.05, 0.1) is 35.5 Å². The first-order valence-corrected chi connectivity index (χ1v) is 11.9. The van der Waals surface area contributed by atoms with Crippen LogP contribution in [0.15, 0.2) is 76.8 Å². The molecule has 172 valence electrons. The summed E-state index contributed by atoms with van der Waals surface area (Å²) >= 11 is 1.54. The van der Waals surface area contributed by atoms with Crippen LogP contribution in [0.25, 0.3) is 38.7 Å². The summed E-state index contributed by atoms with van der Waals surface area (Å²) in [5.74, 6) is 0.820. The summed E-state index contributed by atoms with van der Waals surface area (Å²) in [7, 11) is 1.54. The van der Waals surface area contributed by atoms with Crippen molar-refractivity contribution in [2.24, 2.45) is 9.98 Å². The Labute approximate surface area is 205 Å². The maximum atomic E-state index is 14.8. The van der Waals surface area contributed by atoms with Crippen LogP contribution in [0.4, 0.5) is 4.39 Å². The number of amidine groups is 1. The van der Waals surface area contributed by atoms with Crippen molar-refractivity contribution in [1.29, 1.82) is 0 Å². The van der Waals surface area contributed by atoms with Gasteiger partial charge in [-0.05, 0) is 31.2 Å². The van der Waals surface area contributed by atoms with Crippen LogP contribution in [-0.4, -0.2) is 40.1 Å².